The van der Waals surface area contributed by atoms with Crippen molar-refractivity contribution in [1.82, 2.24) is 15.1 Å². The maximum absolute atomic E-state index is 13.9. The molecule has 4 nitrogen and oxygen atoms in total. The molecular formula is C31H43Cl2N3O. The molecule has 2 aromatic rings. The van der Waals surface area contributed by atoms with Gasteiger partial charge in [-0.25, -0.2) is 0 Å². The Morgan fingerprint density at radius 3 is 1.78 bits per heavy atom. The molecule has 37 heavy (non-hydrogen) atoms. The normalized spacial score (nSPS) is 29.7. The summed E-state index contributed by atoms with van der Waals surface area (Å²) in [7, 11) is 0. The fourth-order valence-corrected chi connectivity index (χ4v) is 8.07. The first-order chi connectivity index (χ1) is 17.1. The first kappa shape index (κ1) is 28.4. The highest BCUT2D eigenvalue weighted by atomic mass is 35.5. The molecule has 5 aliphatic rings. The fraction of sp³-hybridized carbons (Fsp3) is 0.581. The highest BCUT2D eigenvalue weighted by molar-refractivity contribution is 5.85. The Balaban J connectivity index is 0.00000160. The number of carbonyl (C=O) groups is 1. The van der Waals surface area contributed by atoms with Crippen molar-refractivity contribution >= 4 is 30.7 Å². The van der Waals surface area contributed by atoms with E-state index in [9.17, 15) is 4.79 Å². The third kappa shape index (κ3) is 6.71. The molecule has 0 spiro atoms. The van der Waals surface area contributed by atoms with Gasteiger partial charge in [-0.05, 0) is 73.8 Å². The smallest absolute Gasteiger partial charge is 0.226 e. The minimum Gasteiger partial charge on any atom is -0.351 e. The molecule has 1 saturated heterocycles. The molecule has 0 aromatic heterocycles. The number of carbonyl (C=O) groups excluding carboxylic acids is 1. The lowest BCUT2D eigenvalue weighted by molar-refractivity contribution is -0.147. The molecular weight excluding hydrogens is 501 g/mol. The molecule has 202 valence electrons. The summed E-state index contributed by atoms with van der Waals surface area (Å²) in [5.41, 5.74) is 2.65. The van der Waals surface area contributed by atoms with Crippen LogP contribution < -0.4 is 5.32 Å². The molecule has 4 saturated carbocycles. The van der Waals surface area contributed by atoms with Gasteiger partial charge in [-0.2, -0.15) is 0 Å². The van der Waals surface area contributed by atoms with Crippen LogP contribution in [0.3, 0.4) is 0 Å². The highest BCUT2D eigenvalue weighted by Gasteiger charge is 2.54. The van der Waals surface area contributed by atoms with Gasteiger partial charge in [0.15, 0.2) is 0 Å². The zero-order valence-electron chi connectivity index (χ0n) is 21.9. The lowest BCUT2D eigenvalue weighted by Gasteiger charge is -2.56. The average molecular weight is 545 g/mol. The zero-order valence-corrected chi connectivity index (χ0v) is 23.5. The molecule has 1 amide bonds. The second kappa shape index (κ2) is 12.5. The van der Waals surface area contributed by atoms with Gasteiger partial charge in [0.2, 0.25) is 5.91 Å². The van der Waals surface area contributed by atoms with Crippen molar-refractivity contribution in [3.05, 3.63) is 71.8 Å². The van der Waals surface area contributed by atoms with Crippen LogP contribution >= 0.6 is 24.8 Å². The summed E-state index contributed by atoms with van der Waals surface area (Å²) in [5, 5.41) is 3.63. The monoisotopic (exact) mass is 543 g/mol. The third-order valence-electron chi connectivity index (χ3n) is 9.37. The van der Waals surface area contributed by atoms with E-state index in [1.54, 1.807) is 0 Å². The van der Waals surface area contributed by atoms with E-state index in [0.717, 1.165) is 82.7 Å². The molecule has 1 heterocycles. The quantitative estimate of drug-likeness (QED) is 0.471. The van der Waals surface area contributed by atoms with Crippen LogP contribution in [0.5, 0.6) is 0 Å². The van der Waals surface area contributed by atoms with Gasteiger partial charge >= 0.3 is 0 Å². The van der Waals surface area contributed by atoms with E-state index in [-0.39, 0.29) is 36.3 Å². The van der Waals surface area contributed by atoms with Crippen LogP contribution in [0.4, 0.5) is 0 Å². The molecule has 1 aliphatic heterocycles. The van der Waals surface area contributed by atoms with Gasteiger partial charge < -0.3 is 5.32 Å². The summed E-state index contributed by atoms with van der Waals surface area (Å²) in [6.45, 7) is 6.32. The molecule has 5 fully saturated rings. The number of halogens is 2. The van der Waals surface area contributed by atoms with Crippen molar-refractivity contribution in [2.45, 2.75) is 57.5 Å². The first-order valence-electron chi connectivity index (χ1n) is 14.0. The maximum atomic E-state index is 13.9. The third-order valence-corrected chi connectivity index (χ3v) is 9.37. The van der Waals surface area contributed by atoms with Gasteiger partial charge in [0.25, 0.3) is 0 Å². The average Bonchev–Trinajstić information content (AvgIpc) is 2.86. The van der Waals surface area contributed by atoms with E-state index in [1.165, 1.54) is 30.4 Å². The number of nitrogens with one attached hydrogen (secondary N) is 1. The lowest BCUT2D eigenvalue weighted by Crippen LogP contribution is -2.57. The summed E-state index contributed by atoms with van der Waals surface area (Å²) in [4.78, 5) is 19.0. The summed E-state index contributed by atoms with van der Waals surface area (Å²) >= 11 is 0. The Hall–Kier alpha value is -1.59. The van der Waals surface area contributed by atoms with Crippen molar-refractivity contribution in [2.24, 2.45) is 23.2 Å². The fourth-order valence-electron chi connectivity index (χ4n) is 8.07. The van der Waals surface area contributed by atoms with Crippen LogP contribution in [-0.2, 0) is 17.8 Å². The van der Waals surface area contributed by atoms with Crippen LogP contribution in [0.15, 0.2) is 60.7 Å². The van der Waals surface area contributed by atoms with Crippen molar-refractivity contribution in [1.29, 1.82) is 0 Å². The van der Waals surface area contributed by atoms with Crippen molar-refractivity contribution < 1.29 is 4.79 Å². The van der Waals surface area contributed by atoms with E-state index in [1.807, 2.05) is 0 Å². The summed E-state index contributed by atoms with van der Waals surface area (Å²) < 4.78 is 0. The molecule has 4 aliphatic carbocycles. The number of hydrogen-bond acceptors (Lipinski definition) is 3. The Morgan fingerprint density at radius 1 is 0.757 bits per heavy atom. The standard InChI is InChI=1S/C31H41N3O.2ClH/c35-30(31-19-26-15-27(20-31)17-28(16-26)21-31)32-29(18-24-7-3-1-4-8-24)23-34-13-11-33(12-14-34)22-25-9-5-2-6-10-25;;/h1-10,26-29H,11-23H2,(H,32,35);2*1H/t26?,27?,28?,29-,31?;;/m1../s1. The van der Waals surface area contributed by atoms with Gasteiger partial charge in [-0.3, -0.25) is 14.6 Å². The SMILES string of the molecule is Cl.Cl.O=C(N[C@H](Cc1ccccc1)CN1CCN(Cc2ccccc2)CC1)C12CC3CC(CC(C3)C1)C2. The molecule has 2 aromatic carbocycles. The van der Waals surface area contributed by atoms with E-state index in [4.69, 9.17) is 0 Å². The zero-order chi connectivity index (χ0) is 23.7. The van der Waals surface area contributed by atoms with Gasteiger partial charge in [0, 0.05) is 50.7 Å². The molecule has 7 rings (SSSR count). The molecule has 6 heteroatoms. The van der Waals surface area contributed by atoms with Crippen molar-refractivity contribution in [2.75, 3.05) is 32.7 Å². The van der Waals surface area contributed by atoms with Crippen LogP contribution in [-0.4, -0.2) is 54.5 Å². The number of amides is 1. The summed E-state index contributed by atoms with van der Waals surface area (Å²) in [6, 6.07) is 21.7. The summed E-state index contributed by atoms with van der Waals surface area (Å²) in [6.07, 6.45) is 8.49. The predicted molar refractivity (Wildman–Crippen MR) is 155 cm³/mol. The van der Waals surface area contributed by atoms with Crippen LogP contribution in [0.1, 0.15) is 49.7 Å². The lowest BCUT2D eigenvalue weighted by atomic mass is 9.49. The maximum Gasteiger partial charge on any atom is 0.226 e. The summed E-state index contributed by atoms with van der Waals surface area (Å²) in [5.74, 6) is 2.78. The van der Waals surface area contributed by atoms with E-state index in [0.29, 0.717) is 5.91 Å². The van der Waals surface area contributed by atoms with Gasteiger partial charge in [0.1, 0.15) is 0 Å². The van der Waals surface area contributed by atoms with Crippen LogP contribution in [0, 0.1) is 23.2 Å². The predicted octanol–water partition coefficient (Wildman–Crippen LogP) is 5.59. The van der Waals surface area contributed by atoms with Crippen LogP contribution in [0.25, 0.3) is 0 Å². The highest BCUT2D eigenvalue weighted by Crippen LogP contribution is 2.60. The Labute approximate surface area is 235 Å². The van der Waals surface area contributed by atoms with Gasteiger partial charge in [0.05, 0.1) is 0 Å². The van der Waals surface area contributed by atoms with Gasteiger partial charge in [-0.1, -0.05) is 60.7 Å². The number of hydrogen-bond donors (Lipinski definition) is 1. The minimum atomic E-state index is -0.0714. The molecule has 1 N–H and O–H groups in total. The van der Waals surface area contributed by atoms with E-state index < -0.39 is 0 Å². The Kier molecular flexibility index (Phi) is 9.61. The number of piperazine rings is 1. The molecule has 0 unspecified atom stereocenters. The van der Waals surface area contributed by atoms with Gasteiger partial charge in [-0.15, -0.1) is 24.8 Å². The number of nitrogens with zero attached hydrogens (tertiary/aromatic N) is 2. The molecule has 4 bridgehead atoms. The number of rotatable bonds is 8. The molecule has 0 radical (unpaired) electrons. The second-order valence-corrected chi connectivity index (χ2v) is 12.1. The largest absolute Gasteiger partial charge is 0.351 e. The van der Waals surface area contributed by atoms with Crippen molar-refractivity contribution in [3.63, 3.8) is 0 Å². The van der Waals surface area contributed by atoms with E-state index >= 15 is 0 Å². The van der Waals surface area contributed by atoms with Crippen LogP contribution in [0.2, 0.25) is 0 Å². The molecule has 1 atom stereocenters. The Morgan fingerprint density at radius 2 is 1.24 bits per heavy atom. The Bertz CT molecular complexity index is 959. The second-order valence-electron chi connectivity index (χ2n) is 12.1. The topological polar surface area (TPSA) is 35.6 Å². The van der Waals surface area contributed by atoms with E-state index in [2.05, 4.69) is 75.8 Å². The number of benzene rings is 2. The minimum absolute atomic E-state index is 0. The van der Waals surface area contributed by atoms with Crippen molar-refractivity contribution in [3.8, 4) is 0 Å². The first-order valence-corrected chi connectivity index (χ1v) is 14.0.